The molecule has 0 bridgehead atoms. The van der Waals surface area contributed by atoms with Crippen molar-refractivity contribution < 1.29 is 0 Å². The number of hydrogen-bond donors (Lipinski definition) is 2. The molecule has 4 nitrogen and oxygen atoms in total. The molecule has 0 aromatic carbocycles. The minimum absolute atomic E-state index is 0.780. The number of allylic oxidation sites excluding steroid dienone is 3. The van der Waals surface area contributed by atoms with Gasteiger partial charge < -0.3 is 21.3 Å². The van der Waals surface area contributed by atoms with E-state index in [1.165, 1.54) is 0 Å². The Kier molecular flexibility index (Phi) is 7.46. The molecular weight excluding hydrogens is 200 g/mol. The number of nitrogens with two attached hydrogens (primary N) is 2. The Morgan fingerprint density at radius 3 is 1.94 bits per heavy atom. The number of likely N-dealkylation sites (N-methyl/N-ethyl adjacent to an activating group) is 1. The van der Waals surface area contributed by atoms with Gasteiger partial charge in [0.1, 0.15) is 0 Å². The fourth-order valence-electron chi connectivity index (χ4n) is 1.39. The summed E-state index contributed by atoms with van der Waals surface area (Å²) in [5.74, 6) is 0.808. The highest BCUT2D eigenvalue weighted by molar-refractivity contribution is 5.12. The van der Waals surface area contributed by atoms with Gasteiger partial charge in [-0.3, -0.25) is 0 Å². The molecule has 1 heterocycles. The third-order valence-electron chi connectivity index (χ3n) is 2.39. The summed E-state index contributed by atoms with van der Waals surface area (Å²) in [6, 6.07) is 0. The highest BCUT2D eigenvalue weighted by Crippen LogP contribution is 2.04. The minimum atomic E-state index is 0.780. The van der Waals surface area contributed by atoms with Crippen LogP contribution in [-0.4, -0.2) is 43.0 Å². The average Bonchev–Trinajstić information content (AvgIpc) is 2.29. The lowest BCUT2D eigenvalue weighted by Gasteiger charge is -2.33. The lowest BCUT2D eigenvalue weighted by molar-refractivity contribution is 0.185. The Bertz CT molecular complexity index is 233. The maximum atomic E-state index is 5.91. The Morgan fingerprint density at radius 1 is 1.00 bits per heavy atom. The summed E-state index contributed by atoms with van der Waals surface area (Å²) in [5, 5.41) is 0. The Hall–Kier alpha value is -1.16. The Morgan fingerprint density at radius 2 is 1.50 bits per heavy atom. The van der Waals surface area contributed by atoms with Crippen molar-refractivity contribution in [3.63, 3.8) is 0 Å². The fraction of sp³-hybridized carbons (Fsp3) is 0.667. The second kappa shape index (κ2) is 8.05. The first-order valence-corrected chi connectivity index (χ1v) is 5.92. The van der Waals surface area contributed by atoms with E-state index >= 15 is 0 Å². The van der Waals surface area contributed by atoms with Crippen LogP contribution in [0.5, 0.6) is 0 Å². The molecule has 0 amide bonds. The van der Waals surface area contributed by atoms with Crippen LogP contribution in [0.2, 0.25) is 0 Å². The first-order chi connectivity index (χ1) is 7.59. The molecule has 1 rings (SSSR count). The highest BCUT2D eigenvalue weighted by Gasteiger charge is 2.13. The molecule has 0 radical (unpaired) electrons. The third kappa shape index (κ3) is 5.66. The first kappa shape index (κ1) is 14.8. The van der Waals surface area contributed by atoms with Crippen LogP contribution in [-0.2, 0) is 0 Å². The molecule has 1 aliphatic heterocycles. The van der Waals surface area contributed by atoms with E-state index in [2.05, 4.69) is 16.8 Å². The van der Waals surface area contributed by atoms with Gasteiger partial charge in [-0.15, -0.1) is 0 Å². The van der Waals surface area contributed by atoms with E-state index in [-0.39, 0.29) is 0 Å². The van der Waals surface area contributed by atoms with E-state index in [1.807, 2.05) is 32.9 Å². The molecule has 0 atom stereocenters. The summed E-state index contributed by atoms with van der Waals surface area (Å²) < 4.78 is 0. The van der Waals surface area contributed by atoms with Gasteiger partial charge in [0.15, 0.2) is 0 Å². The monoisotopic (exact) mass is 226 g/mol. The summed E-state index contributed by atoms with van der Waals surface area (Å²) in [6.07, 6.45) is 3.72. The quantitative estimate of drug-likeness (QED) is 0.688. The molecule has 0 aliphatic carbocycles. The van der Waals surface area contributed by atoms with Crippen LogP contribution < -0.4 is 11.5 Å². The Labute approximate surface area is 99.6 Å². The summed E-state index contributed by atoms with van der Waals surface area (Å²) in [5.41, 5.74) is 12.2. The van der Waals surface area contributed by atoms with E-state index in [0.29, 0.717) is 0 Å². The average molecular weight is 226 g/mol. The van der Waals surface area contributed by atoms with E-state index < -0.39 is 0 Å². The van der Waals surface area contributed by atoms with Crippen LogP contribution in [0.15, 0.2) is 23.7 Å². The predicted octanol–water partition coefficient (Wildman–Crippen LogP) is 0.923. The van der Waals surface area contributed by atoms with E-state index in [9.17, 15) is 0 Å². The topological polar surface area (TPSA) is 58.5 Å². The van der Waals surface area contributed by atoms with Crippen LogP contribution in [0.25, 0.3) is 0 Å². The zero-order valence-corrected chi connectivity index (χ0v) is 11.0. The van der Waals surface area contributed by atoms with Crippen LogP contribution in [0, 0.1) is 0 Å². The van der Waals surface area contributed by atoms with Gasteiger partial charge in [-0.05, 0) is 26.1 Å². The van der Waals surface area contributed by atoms with Gasteiger partial charge in [0.2, 0.25) is 0 Å². The van der Waals surface area contributed by atoms with Gasteiger partial charge in [-0.1, -0.05) is 13.8 Å². The molecule has 0 saturated carbocycles. The maximum Gasteiger partial charge on any atom is 0.0987 e. The SMILES string of the molecule is C/C(N)=C/C=C(\N)N1CCN(C)CC1.CC. The largest absolute Gasteiger partial charge is 0.402 e. The van der Waals surface area contributed by atoms with Crippen molar-refractivity contribution >= 4 is 0 Å². The van der Waals surface area contributed by atoms with Gasteiger partial charge in [0.25, 0.3) is 0 Å². The normalized spacial score (nSPS) is 19.1. The van der Waals surface area contributed by atoms with Crippen molar-refractivity contribution in [2.75, 3.05) is 33.2 Å². The summed E-state index contributed by atoms with van der Waals surface area (Å²) >= 11 is 0. The maximum absolute atomic E-state index is 5.91. The number of hydrogen-bond acceptors (Lipinski definition) is 4. The van der Waals surface area contributed by atoms with Crippen LogP contribution in [0.1, 0.15) is 20.8 Å². The number of nitrogens with zero attached hydrogens (tertiary/aromatic N) is 2. The van der Waals surface area contributed by atoms with Crippen molar-refractivity contribution in [3.8, 4) is 0 Å². The molecule has 4 N–H and O–H groups in total. The van der Waals surface area contributed by atoms with E-state index in [4.69, 9.17) is 11.5 Å². The fourth-order valence-corrected chi connectivity index (χ4v) is 1.39. The lowest BCUT2D eigenvalue weighted by atomic mass is 10.3. The molecule has 4 heteroatoms. The zero-order valence-electron chi connectivity index (χ0n) is 11.0. The summed E-state index contributed by atoms with van der Waals surface area (Å²) in [6.45, 7) is 9.99. The standard InChI is InChI=1S/C10H20N4.C2H6/c1-9(11)3-4-10(12)14-7-5-13(2)6-8-14;1-2/h3-4H,5-8,11-12H2,1-2H3;1-2H3/b9-3-,10-4+;. The molecule has 1 saturated heterocycles. The van der Waals surface area contributed by atoms with Gasteiger partial charge >= 0.3 is 0 Å². The first-order valence-electron chi connectivity index (χ1n) is 5.92. The molecule has 1 fully saturated rings. The van der Waals surface area contributed by atoms with Crippen LogP contribution in [0.4, 0.5) is 0 Å². The summed E-state index contributed by atoms with van der Waals surface area (Å²) in [7, 11) is 2.13. The molecule has 0 aromatic heterocycles. The number of rotatable bonds is 2. The zero-order chi connectivity index (χ0) is 12.6. The van der Waals surface area contributed by atoms with Gasteiger partial charge in [0, 0.05) is 31.9 Å². The van der Waals surface area contributed by atoms with Gasteiger partial charge in [-0.2, -0.15) is 0 Å². The highest BCUT2D eigenvalue weighted by atomic mass is 15.3. The number of piperazine rings is 1. The van der Waals surface area contributed by atoms with Crippen molar-refractivity contribution in [1.82, 2.24) is 9.80 Å². The van der Waals surface area contributed by atoms with Crippen molar-refractivity contribution in [1.29, 1.82) is 0 Å². The van der Waals surface area contributed by atoms with Crippen LogP contribution >= 0.6 is 0 Å². The van der Waals surface area contributed by atoms with E-state index in [1.54, 1.807) is 0 Å². The molecule has 0 aromatic rings. The van der Waals surface area contributed by atoms with Gasteiger partial charge in [-0.25, -0.2) is 0 Å². The third-order valence-corrected chi connectivity index (χ3v) is 2.39. The Balaban J connectivity index is 0.00000106. The van der Waals surface area contributed by atoms with Crippen molar-refractivity contribution in [2.45, 2.75) is 20.8 Å². The second-order valence-corrected chi connectivity index (χ2v) is 3.79. The molecule has 0 spiro atoms. The molecule has 16 heavy (non-hydrogen) atoms. The minimum Gasteiger partial charge on any atom is -0.402 e. The predicted molar refractivity (Wildman–Crippen MR) is 70.6 cm³/mol. The second-order valence-electron chi connectivity index (χ2n) is 3.79. The molecular formula is C12H26N4. The van der Waals surface area contributed by atoms with Crippen LogP contribution in [0.3, 0.4) is 0 Å². The van der Waals surface area contributed by atoms with Crippen molar-refractivity contribution in [3.05, 3.63) is 23.7 Å². The lowest BCUT2D eigenvalue weighted by Crippen LogP contribution is -2.45. The van der Waals surface area contributed by atoms with Crippen molar-refractivity contribution in [2.24, 2.45) is 11.5 Å². The van der Waals surface area contributed by atoms with Gasteiger partial charge in [0.05, 0.1) is 5.82 Å². The molecule has 94 valence electrons. The van der Waals surface area contributed by atoms with E-state index in [0.717, 1.165) is 37.7 Å². The molecule has 1 aliphatic rings. The summed E-state index contributed by atoms with van der Waals surface area (Å²) in [4.78, 5) is 4.48. The smallest absolute Gasteiger partial charge is 0.0987 e. The molecule has 0 unspecified atom stereocenters.